The smallest absolute Gasteiger partial charge is 0.253 e. The number of hydrogen-bond donors (Lipinski definition) is 3. The van der Waals surface area contributed by atoms with Crippen LogP contribution in [0.1, 0.15) is 23.2 Å². The van der Waals surface area contributed by atoms with Crippen LogP contribution in [0.3, 0.4) is 0 Å². The maximum atomic E-state index is 12.9. The number of ether oxygens (including phenoxy) is 1. The van der Waals surface area contributed by atoms with Gasteiger partial charge in [-0.1, -0.05) is 18.2 Å². The zero-order chi connectivity index (χ0) is 21.2. The number of aromatic amines is 2. The van der Waals surface area contributed by atoms with Gasteiger partial charge in [-0.2, -0.15) is 5.10 Å². The van der Waals surface area contributed by atoms with Gasteiger partial charge < -0.3 is 19.9 Å². The number of benzene rings is 2. The van der Waals surface area contributed by atoms with Crippen LogP contribution in [0.5, 0.6) is 5.75 Å². The third kappa shape index (κ3) is 3.86. The lowest BCUT2D eigenvalue weighted by Gasteiger charge is -2.33. The Morgan fingerprint density at radius 1 is 1.19 bits per heavy atom. The summed E-state index contributed by atoms with van der Waals surface area (Å²) in [5.74, 6) is 1.69. The highest BCUT2D eigenvalue weighted by Crippen LogP contribution is 2.26. The van der Waals surface area contributed by atoms with Crippen molar-refractivity contribution in [2.75, 3.05) is 25.1 Å². The average Bonchev–Trinajstić information content (AvgIpc) is 3.47. The van der Waals surface area contributed by atoms with Crippen LogP contribution in [0.4, 0.5) is 5.82 Å². The van der Waals surface area contributed by atoms with E-state index in [4.69, 9.17) is 4.74 Å². The predicted molar refractivity (Wildman–Crippen MR) is 122 cm³/mol. The molecule has 3 heterocycles. The van der Waals surface area contributed by atoms with Crippen LogP contribution in [0.25, 0.3) is 22.2 Å². The number of nitrogens with one attached hydrogen (secondary N) is 3. The number of para-hydroxylation sites is 1. The van der Waals surface area contributed by atoms with Crippen molar-refractivity contribution in [3.05, 3.63) is 66.4 Å². The topological polar surface area (TPSA) is 86.0 Å². The highest BCUT2D eigenvalue weighted by molar-refractivity contribution is 6.06. The fraction of sp³-hybridized carbons (Fsp3) is 0.250. The van der Waals surface area contributed by atoms with Crippen molar-refractivity contribution in [3.8, 4) is 17.0 Å². The molecule has 1 amide bonds. The first kappa shape index (κ1) is 19.2. The second-order valence-electron chi connectivity index (χ2n) is 7.87. The van der Waals surface area contributed by atoms with Crippen LogP contribution in [-0.2, 0) is 0 Å². The zero-order valence-corrected chi connectivity index (χ0v) is 17.4. The van der Waals surface area contributed by atoms with E-state index in [1.165, 1.54) is 0 Å². The fourth-order valence-corrected chi connectivity index (χ4v) is 4.22. The number of nitrogens with zero attached hydrogens (tertiary/aromatic N) is 2. The van der Waals surface area contributed by atoms with E-state index >= 15 is 0 Å². The number of hydrogen-bond acceptors (Lipinski definition) is 4. The van der Waals surface area contributed by atoms with Crippen LogP contribution in [0, 0.1) is 0 Å². The van der Waals surface area contributed by atoms with E-state index in [1.54, 1.807) is 13.3 Å². The first-order valence-electron chi connectivity index (χ1n) is 10.5. The Labute approximate surface area is 180 Å². The molecule has 1 aliphatic rings. The van der Waals surface area contributed by atoms with Gasteiger partial charge in [-0.05, 0) is 48.7 Å². The molecule has 7 heteroatoms. The summed E-state index contributed by atoms with van der Waals surface area (Å²) in [4.78, 5) is 18.3. The molecule has 0 spiro atoms. The molecular weight excluding hydrogens is 390 g/mol. The molecule has 0 aliphatic carbocycles. The standard InChI is InChI=1S/C24H25N5O2/c1-31-18-10-8-16(9-11-18)22-13-23(28-27-22)29-12-4-5-17(15-29)26-24(30)20-14-25-21-7-3-2-6-19(20)21/h2-3,6-11,13-14,17,25H,4-5,12,15H2,1H3,(H,26,30)(H,27,28)/t17-/m1/s1. The second-order valence-corrected chi connectivity index (χ2v) is 7.87. The number of fused-ring (bicyclic) bond motifs is 1. The zero-order valence-electron chi connectivity index (χ0n) is 17.4. The van der Waals surface area contributed by atoms with Crippen LogP contribution < -0.4 is 15.0 Å². The maximum Gasteiger partial charge on any atom is 0.253 e. The molecule has 1 atom stereocenters. The molecule has 5 rings (SSSR count). The summed E-state index contributed by atoms with van der Waals surface area (Å²) in [6, 6.07) is 17.9. The third-order valence-corrected chi connectivity index (χ3v) is 5.88. The Hall–Kier alpha value is -3.74. The van der Waals surface area contributed by atoms with Gasteiger partial charge in [-0.15, -0.1) is 0 Å². The number of carbonyl (C=O) groups excluding carboxylic acids is 1. The maximum absolute atomic E-state index is 12.9. The van der Waals surface area contributed by atoms with Crippen LogP contribution in [0.2, 0.25) is 0 Å². The summed E-state index contributed by atoms with van der Waals surface area (Å²) in [6.45, 7) is 1.66. The highest BCUT2D eigenvalue weighted by Gasteiger charge is 2.24. The Morgan fingerprint density at radius 3 is 2.87 bits per heavy atom. The molecule has 2 aromatic heterocycles. The molecule has 1 saturated heterocycles. The molecule has 0 saturated carbocycles. The Bertz CT molecular complexity index is 1190. The SMILES string of the molecule is COc1ccc(-c2cc(N3CCC[C@@H](NC(=O)c4c[nH]c5ccccc45)C3)n[nH]2)cc1. The quantitative estimate of drug-likeness (QED) is 0.460. The first-order valence-corrected chi connectivity index (χ1v) is 10.5. The predicted octanol–water partition coefficient (Wildman–Crippen LogP) is 3.97. The number of aromatic nitrogens is 3. The van der Waals surface area contributed by atoms with E-state index in [2.05, 4.69) is 31.5 Å². The van der Waals surface area contributed by atoms with E-state index in [1.807, 2.05) is 48.5 Å². The monoisotopic (exact) mass is 415 g/mol. The van der Waals surface area contributed by atoms with Crippen molar-refractivity contribution >= 4 is 22.6 Å². The van der Waals surface area contributed by atoms with Crippen LogP contribution >= 0.6 is 0 Å². The number of methoxy groups -OCH3 is 1. The van der Waals surface area contributed by atoms with Crippen molar-refractivity contribution < 1.29 is 9.53 Å². The molecule has 1 fully saturated rings. The van der Waals surface area contributed by atoms with Gasteiger partial charge >= 0.3 is 0 Å². The summed E-state index contributed by atoms with van der Waals surface area (Å²) in [5, 5.41) is 11.8. The Morgan fingerprint density at radius 2 is 2.03 bits per heavy atom. The summed E-state index contributed by atoms with van der Waals surface area (Å²) in [5.41, 5.74) is 3.68. The second kappa shape index (κ2) is 8.18. The van der Waals surface area contributed by atoms with Crippen LogP contribution in [0.15, 0.2) is 60.8 Å². The van der Waals surface area contributed by atoms with E-state index in [0.717, 1.165) is 59.7 Å². The lowest BCUT2D eigenvalue weighted by Crippen LogP contribution is -2.48. The molecule has 7 nitrogen and oxygen atoms in total. The van der Waals surface area contributed by atoms with Gasteiger partial charge in [0.15, 0.2) is 5.82 Å². The van der Waals surface area contributed by atoms with Gasteiger partial charge in [-0.3, -0.25) is 9.89 Å². The summed E-state index contributed by atoms with van der Waals surface area (Å²) in [7, 11) is 1.66. The molecular formula is C24H25N5O2. The van der Waals surface area contributed by atoms with Crippen molar-refractivity contribution in [3.63, 3.8) is 0 Å². The molecule has 3 N–H and O–H groups in total. The normalized spacial score (nSPS) is 16.4. The number of anilines is 1. The number of piperidine rings is 1. The summed E-state index contributed by atoms with van der Waals surface area (Å²) >= 11 is 0. The molecule has 4 aromatic rings. The molecule has 1 aliphatic heterocycles. The van der Waals surface area contributed by atoms with Gasteiger partial charge in [0.1, 0.15) is 5.75 Å². The van der Waals surface area contributed by atoms with Gasteiger partial charge in [0.2, 0.25) is 0 Å². The Kier molecular flexibility index (Phi) is 5.08. The summed E-state index contributed by atoms with van der Waals surface area (Å²) < 4.78 is 5.23. The van der Waals surface area contributed by atoms with Gasteiger partial charge in [0, 0.05) is 42.3 Å². The number of H-pyrrole nitrogens is 2. The van der Waals surface area contributed by atoms with E-state index in [-0.39, 0.29) is 11.9 Å². The molecule has 0 unspecified atom stereocenters. The van der Waals surface area contributed by atoms with Crippen LogP contribution in [-0.4, -0.2) is 47.3 Å². The van der Waals surface area contributed by atoms with Gasteiger partial charge in [0.05, 0.1) is 18.4 Å². The number of rotatable bonds is 5. The lowest BCUT2D eigenvalue weighted by atomic mass is 10.0. The van der Waals surface area contributed by atoms with Crippen molar-refractivity contribution in [1.29, 1.82) is 0 Å². The summed E-state index contributed by atoms with van der Waals surface area (Å²) in [6.07, 6.45) is 3.75. The molecule has 158 valence electrons. The van der Waals surface area contributed by atoms with E-state index < -0.39 is 0 Å². The molecule has 0 bridgehead atoms. The minimum absolute atomic E-state index is 0.0368. The average molecular weight is 415 g/mol. The third-order valence-electron chi connectivity index (χ3n) is 5.88. The highest BCUT2D eigenvalue weighted by atomic mass is 16.5. The minimum atomic E-state index is -0.0368. The lowest BCUT2D eigenvalue weighted by molar-refractivity contribution is 0.0935. The van der Waals surface area contributed by atoms with Gasteiger partial charge in [0.25, 0.3) is 5.91 Å². The fourth-order valence-electron chi connectivity index (χ4n) is 4.22. The van der Waals surface area contributed by atoms with Gasteiger partial charge in [-0.25, -0.2) is 0 Å². The van der Waals surface area contributed by atoms with E-state index in [9.17, 15) is 4.79 Å². The molecule has 31 heavy (non-hydrogen) atoms. The Balaban J connectivity index is 1.27. The number of amides is 1. The first-order chi connectivity index (χ1) is 15.2. The van der Waals surface area contributed by atoms with Crippen molar-refractivity contribution in [2.45, 2.75) is 18.9 Å². The molecule has 0 radical (unpaired) electrons. The van der Waals surface area contributed by atoms with Crippen molar-refractivity contribution in [1.82, 2.24) is 20.5 Å². The van der Waals surface area contributed by atoms with E-state index in [0.29, 0.717) is 5.56 Å². The number of carbonyl (C=O) groups is 1. The van der Waals surface area contributed by atoms with Crippen molar-refractivity contribution in [2.24, 2.45) is 0 Å². The largest absolute Gasteiger partial charge is 0.497 e. The molecule has 2 aromatic carbocycles. The minimum Gasteiger partial charge on any atom is -0.497 e.